The van der Waals surface area contributed by atoms with Crippen molar-refractivity contribution in [1.29, 1.82) is 0 Å². The molecule has 1 aliphatic heterocycles. The molecule has 20 heavy (non-hydrogen) atoms. The normalized spacial score (nSPS) is 22.3. The first-order valence-corrected chi connectivity index (χ1v) is 7.05. The number of rotatable bonds is 4. The van der Waals surface area contributed by atoms with Gasteiger partial charge in [-0.2, -0.15) is 0 Å². The smallest absolute Gasteiger partial charge is 0.257 e. The van der Waals surface area contributed by atoms with Crippen LogP contribution < -0.4 is 15.8 Å². The number of hydrogen-bond acceptors (Lipinski definition) is 4. The fourth-order valence-electron chi connectivity index (χ4n) is 2.45. The van der Waals surface area contributed by atoms with Gasteiger partial charge in [-0.15, -0.1) is 0 Å². The molecule has 1 aromatic rings. The molecule has 0 saturated carbocycles. The molecule has 0 radical (unpaired) electrons. The minimum Gasteiger partial charge on any atom is -0.493 e. The van der Waals surface area contributed by atoms with Crippen LogP contribution in [0.3, 0.4) is 0 Å². The van der Waals surface area contributed by atoms with Gasteiger partial charge in [0.2, 0.25) is 0 Å². The van der Waals surface area contributed by atoms with Gasteiger partial charge in [0.25, 0.3) is 5.91 Å². The maximum atomic E-state index is 12.4. The number of benzene rings is 1. The zero-order valence-corrected chi connectivity index (χ0v) is 12.0. The molecule has 2 unspecified atom stereocenters. The Bertz CT molecular complexity index is 476. The van der Waals surface area contributed by atoms with E-state index in [1.807, 2.05) is 13.8 Å². The van der Waals surface area contributed by atoms with Gasteiger partial charge in [0.05, 0.1) is 12.7 Å². The van der Waals surface area contributed by atoms with Crippen molar-refractivity contribution in [3.63, 3.8) is 0 Å². The summed E-state index contributed by atoms with van der Waals surface area (Å²) >= 11 is 0. The molecule has 5 heteroatoms. The molecule has 1 heterocycles. The van der Waals surface area contributed by atoms with Crippen molar-refractivity contribution in [1.82, 2.24) is 5.32 Å². The lowest BCUT2D eigenvalue weighted by atomic mass is 10.0. The predicted octanol–water partition coefficient (Wildman–Crippen LogP) is 1.96. The number of carbonyl (C=O) groups excluding carboxylic acids is 1. The summed E-state index contributed by atoms with van der Waals surface area (Å²) in [4.78, 5) is 12.4. The van der Waals surface area contributed by atoms with Gasteiger partial charge in [-0.05, 0) is 38.8 Å². The number of nitrogens with two attached hydrogens (primary N) is 1. The van der Waals surface area contributed by atoms with Gasteiger partial charge in [-0.3, -0.25) is 4.79 Å². The second-order valence-corrected chi connectivity index (χ2v) is 5.03. The van der Waals surface area contributed by atoms with E-state index in [4.69, 9.17) is 15.2 Å². The van der Waals surface area contributed by atoms with Crippen LogP contribution in [-0.2, 0) is 4.74 Å². The number of amides is 1. The fourth-order valence-corrected chi connectivity index (χ4v) is 2.45. The molecule has 2 rings (SSSR count). The third-order valence-electron chi connectivity index (χ3n) is 3.41. The summed E-state index contributed by atoms with van der Waals surface area (Å²) in [5.41, 5.74) is 6.78. The SMILES string of the molecule is CCOc1cccc(N)c1C(=O)NC1CCOC(C)C1. The van der Waals surface area contributed by atoms with Crippen LogP contribution in [0.15, 0.2) is 18.2 Å². The van der Waals surface area contributed by atoms with Crippen molar-refractivity contribution in [2.75, 3.05) is 18.9 Å². The van der Waals surface area contributed by atoms with Crippen LogP contribution in [0.5, 0.6) is 5.75 Å². The number of hydrogen-bond donors (Lipinski definition) is 2. The van der Waals surface area contributed by atoms with Gasteiger partial charge in [0.15, 0.2) is 0 Å². The quantitative estimate of drug-likeness (QED) is 0.826. The number of ether oxygens (including phenoxy) is 2. The summed E-state index contributed by atoms with van der Waals surface area (Å²) in [6.45, 7) is 5.07. The molecule has 5 nitrogen and oxygen atoms in total. The van der Waals surface area contributed by atoms with Gasteiger partial charge >= 0.3 is 0 Å². The highest BCUT2D eigenvalue weighted by molar-refractivity contribution is 6.02. The fraction of sp³-hybridized carbons (Fsp3) is 0.533. The molecular formula is C15H22N2O3. The molecule has 1 saturated heterocycles. The van der Waals surface area contributed by atoms with E-state index in [1.165, 1.54) is 0 Å². The lowest BCUT2D eigenvalue weighted by Crippen LogP contribution is -2.41. The third kappa shape index (κ3) is 3.42. The first kappa shape index (κ1) is 14.7. The van der Waals surface area contributed by atoms with Crippen LogP contribution in [0, 0.1) is 0 Å². The summed E-state index contributed by atoms with van der Waals surface area (Å²) in [6, 6.07) is 5.39. The lowest BCUT2D eigenvalue weighted by molar-refractivity contribution is 0.0136. The third-order valence-corrected chi connectivity index (χ3v) is 3.41. The molecule has 0 aromatic heterocycles. The van der Waals surface area contributed by atoms with E-state index in [2.05, 4.69) is 5.32 Å². The van der Waals surface area contributed by atoms with Gasteiger partial charge < -0.3 is 20.5 Å². The van der Waals surface area contributed by atoms with E-state index in [-0.39, 0.29) is 18.1 Å². The molecule has 110 valence electrons. The van der Waals surface area contributed by atoms with Gasteiger partial charge in [0.1, 0.15) is 11.3 Å². The molecule has 0 spiro atoms. The van der Waals surface area contributed by atoms with Crippen molar-refractivity contribution in [2.45, 2.75) is 38.8 Å². The highest BCUT2D eigenvalue weighted by atomic mass is 16.5. The molecule has 0 bridgehead atoms. The van der Waals surface area contributed by atoms with E-state index >= 15 is 0 Å². The Morgan fingerprint density at radius 1 is 1.55 bits per heavy atom. The largest absolute Gasteiger partial charge is 0.493 e. The van der Waals surface area contributed by atoms with Gasteiger partial charge in [0, 0.05) is 18.3 Å². The van der Waals surface area contributed by atoms with Crippen LogP contribution in [0.25, 0.3) is 0 Å². The Morgan fingerprint density at radius 2 is 2.35 bits per heavy atom. The number of anilines is 1. The standard InChI is InChI=1S/C15H22N2O3/c1-3-19-13-6-4-5-12(16)14(13)15(18)17-11-7-8-20-10(2)9-11/h4-6,10-11H,3,7-9,16H2,1-2H3,(H,17,18). The highest BCUT2D eigenvalue weighted by Gasteiger charge is 2.23. The van der Waals surface area contributed by atoms with Crippen molar-refractivity contribution < 1.29 is 14.3 Å². The maximum Gasteiger partial charge on any atom is 0.257 e. The highest BCUT2D eigenvalue weighted by Crippen LogP contribution is 2.25. The molecule has 1 fully saturated rings. The Kier molecular flexibility index (Phi) is 4.84. The summed E-state index contributed by atoms with van der Waals surface area (Å²) in [5.74, 6) is 0.357. The van der Waals surface area contributed by atoms with Crippen molar-refractivity contribution >= 4 is 11.6 Å². The first-order chi connectivity index (χ1) is 9.61. The molecule has 1 aliphatic rings. The number of nitrogens with one attached hydrogen (secondary N) is 1. The zero-order chi connectivity index (χ0) is 14.5. The van der Waals surface area contributed by atoms with Gasteiger partial charge in [-0.1, -0.05) is 6.07 Å². The zero-order valence-electron chi connectivity index (χ0n) is 12.0. The summed E-state index contributed by atoms with van der Waals surface area (Å²) in [6.07, 6.45) is 1.82. The van der Waals surface area contributed by atoms with Crippen molar-refractivity contribution in [3.8, 4) is 5.75 Å². The molecule has 1 amide bonds. The molecule has 0 aliphatic carbocycles. The Labute approximate surface area is 119 Å². The van der Waals surface area contributed by atoms with Crippen molar-refractivity contribution in [3.05, 3.63) is 23.8 Å². The van der Waals surface area contributed by atoms with E-state index in [9.17, 15) is 4.79 Å². The van der Waals surface area contributed by atoms with E-state index in [0.717, 1.165) is 12.8 Å². The topological polar surface area (TPSA) is 73.6 Å². The van der Waals surface area contributed by atoms with Crippen LogP contribution in [0.4, 0.5) is 5.69 Å². The van der Waals surface area contributed by atoms with Crippen molar-refractivity contribution in [2.24, 2.45) is 0 Å². The van der Waals surface area contributed by atoms with E-state index in [0.29, 0.717) is 30.2 Å². The van der Waals surface area contributed by atoms with Crippen LogP contribution in [-0.4, -0.2) is 31.3 Å². The summed E-state index contributed by atoms with van der Waals surface area (Å²) < 4.78 is 11.0. The Balaban J connectivity index is 2.12. The Morgan fingerprint density at radius 3 is 3.05 bits per heavy atom. The number of nitrogen functional groups attached to an aromatic ring is 1. The lowest BCUT2D eigenvalue weighted by Gasteiger charge is -2.28. The van der Waals surface area contributed by atoms with Crippen LogP contribution in [0.2, 0.25) is 0 Å². The first-order valence-electron chi connectivity index (χ1n) is 7.05. The van der Waals surface area contributed by atoms with E-state index < -0.39 is 0 Å². The molecular weight excluding hydrogens is 256 g/mol. The second kappa shape index (κ2) is 6.61. The second-order valence-electron chi connectivity index (χ2n) is 5.03. The van der Waals surface area contributed by atoms with Crippen LogP contribution >= 0.6 is 0 Å². The summed E-state index contributed by atoms with van der Waals surface area (Å²) in [7, 11) is 0. The van der Waals surface area contributed by atoms with Gasteiger partial charge in [-0.25, -0.2) is 0 Å². The Hall–Kier alpha value is -1.75. The maximum absolute atomic E-state index is 12.4. The summed E-state index contributed by atoms with van der Waals surface area (Å²) in [5, 5.41) is 3.03. The molecule has 1 aromatic carbocycles. The van der Waals surface area contributed by atoms with E-state index in [1.54, 1.807) is 18.2 Å². The minimum atomic E-state index is -0.175. The molecule has 3 N–H and O–H groups in total. The minimum absolute atomic E-state index is 0.125. The monoisotopic (exact) mass is 278 g/mol. The average Bonchev–Trinajstić information content (AvgIpc) is 2.39. The van der Waals surface area contributed by atoms with Crippen LogP contribution in [0.1, 0.15) is 37.0 Å². The average molecular weight is 278 g/mol. The number of carbonyl (C=O) groups is 1. The predicted molar refractivity (Wildman–Crippen MR) is 77.9 cm³/mol. The molecule has 2 atom stereocenters.